The first-order valence-electron chi connectivity index (χ1n) is 8.53. The quantitative estimate of drug-likeness (QED) is 0.729. The Labute approximate surface area is 152 Å². The van der Waals surface area contributed by atoms with Gasteiger partial charge in [-0.2, -0.15) is 5.26 Å². The number of amides is 2. The standard InChI is InChI=1S/C19H22FN3O3/c1-3-18(24)22(4-2)13-19(25)23-9-7-15(8-10-23)26-17-6-5-14(12-21)11-16(17)20/h3,5-6,11,15H,1,4,7-10,13H2,2H3. The highest BCUT2D eigenvalue weighted by Gasteiger charge is 2.26. The first kappa shape index (κ1) is 19.4. The Morgan fingerprint density at radius 1 is 1.46 bits per heavy atom. The highest BCUT2D eigenvalue weighted by molar-refractivity contribution is 5.90. The number of nitriles is 1. The Bertz CT molecular complexity index is 721. The lowest BCUT2D eigenvalue weighted by molar-refractivity contribution is -0.139. The molecule has 1 aliphatic heterocycles. The zero-order valence-electron chi connectivity index (χ0n) is 14.8. The van der Waals surface area contributed by atoms with Gasteiger partial charge in [0.2, 0.25) is 11.8 Å². The summed E-state index contributed by atoms with van der Waals surface area (Å²) in [5.74, 6) is -0.841. The van der Waals surface area contributed by atoms with Gasteiger partial charge in [-0.15, -0.1) is 0 Å². The maximum atomic E-state index is 13.9. The lowest BCUT2D eigenvalue weighted by Crippen LogP contribution is -2.47. The third-order valence-electron chi connectivity index (χ3n) is 4.34. The predicted molar refractivity (Wildman–Crippen MR) is 93.8 cm³/mol. The van der Waals surface area contributed by atoms with Crippen molar-refractivity contribution in [2.75, 3.05) is 26.2 Å². The fraction of sp³-hybridized carbons (Fsp3) is 0.421. The average molecular weight is 359 g/mol. The van der Waals surface area contributed by atoms with E-state index in [1.54, 1.807) is 11.8 Å². The van der Waals surface area contributed by atoms with Crippen molar-refractivity contribution < 1.29 is 18.7 Å². The predicted octanol–water partition coefficient (Wildman–Crippen LogP) is 2.10. The molecule has 0 saturated carbocycles. The molecular weight excluding hydrogens is 337 g/mol. The fourth-order valence-electron chi connectivity index (χ4n) is 2.81. The number of hydrogen-bond donors (Lipinski definition) is 0. The molecule has 1 heterocycles. The van der Waals surface area contributed by atoms with E-state index in [0.717, 1.165) is 6.07 Å². The number of piperidine rings is 1. The smallest absolute Gasteiger partial charge is 0.246 e. The summed E-state index contributed by atoms with van der Waals surface area (Å²) < 4.78 is 19.6. The van der Waals surface area contributed by atoms with E-state index in [-0.39, 0.29) is 35.8 Å². The molecular formula is C19H22FN3O3. The number of hydrogen-bond acceptors (Lipinski definition) is 4. The molecule has 0 aliphatic carbocycles. The highest BCUT2D eigenvalue weighted by atomic mass is 19.1. The molecule has 1 aliphatic rings. The van der Waals surface area contributed by atoms with Gasteiger partial charge in [-0.1, -0.05) is 6.58 Å². The number of nitrogens with zero attached hydrogens (tertiary/aromatic N) is 3. The van der Waals surface area contributed by atoms with Crippen molar-refractivity contribution in [3.63, 3.8) is 0 Å². The minimum atomic E-state index is -0.566. The summed E-state index contributed by atoms with van der Waals surface area (Å²) in [5, 5.41) is 8.76. The van der Waals surface area contributed by atoms with Gasteiger partial charge in [0.1, 0.15) is 6.10 Å². The number of likely N-dealkylation sites (N-methyl/N-ethyl adjacent to an activating group) is 1. The SMILES string of the molecule is C=CC(=O)N(CC)CC(=O)N1CCC(Oc2ccc(C#N)cc2F)CC1. The van der Waals surface area contributed by atoms with Crippen molar-refractivity contribution in [3.8, 4) is 11.8 Å². The van der Waals surface area contributed by atoms with E-state index in [1.165, 1.54) is 23.1 Å². The molecule has 0 spiro atoms. The summed E-state index contributed by atoms with van der Waals surface area (Å²) in [4.78, 5) is 27.1. The van der Waals surface area contributed by atoms with E-state index >= 15 is 0 Å². The van der Waals surface area contributed by atoms with Crippen LogP contribution in [-0.2, 0) is 9.59 Å². The first-order chi connectivity index (χ1) is 12.5. The van der Waals surface area contributed by atoms with Crippen molar-refractivity contribution >= 4 is 11.8 Å². The van der Waals surface area contributed by atoms with Crippen LogP contribution in [0.4, 0.5) is 4.39 Å². The van der Waals surface area contributed by atoms with Gasteiger partial charge in [-0.05, 0) is 31.2 Å². The number of likely N-dealkylation sites (tertiary alicyclic amines) is 1. The molecule has 0 N–H and O–H groups in total. The molecule has 0 atom stereocenters. The fourth-order valence-corrected chi connectivity index (χ4v) is 2.81. The lowest BCUT2D eigenvalue weighted by atomic mass is 10.1. The van der Waals surface area contributed by atoms with Gasteiger partial charge in [0.25, 0.3) is 0 Å². The molecule has 1 aromatic rings. The molecule has 0 radical (unpaired) electrons. The van der Waals surface area contributed by atoms with E-state index in [4.69, 9.17) is 10.00 Å². The summed E-state index contributed by atoms with van der Waals surface area (Å²) in [5.41, 5.74) is 0.241. The third kappa shape index (κ3) is 4.82. The Morgan fingerprint density at radius 2 is 2.15 bits per heavy atom. The summed E-state index contributed by atoms with van der Waals surface area (Å²) in [6.45, 7) is 6.68. The average Bonchev–Trinajstić information content (AvgIpc) is 2.67. The largest absolute Gasteiger partial charge is 0.487 e. The molecule has 0 aromatic heterocycles. The number of carbonyl (C=O) groups is 2. The lowest BCUT2D eigenvalue weighted by Gasteiger charge is -2.33. The summed E-state index contributed by atoms with van der Waals surface area (Å²) in [6, 6.07) is 5.98. The number of ether oxygens (including phenoxy) is 1. The Balaban J connectivity index is 1.87. The van der Waals surface area contributed by atoms with Crippen LogP contribution in [0.5, 0.6) is 5.75 Å². The van der Waals surface area contributed by atoms with Crippen LogP contribution in [0.1, 0.15) is 25.3 Å². The minimum absolute atomic E-state index is 0.0249. The highest BCUT2D eigenvalue weighted by Crippen LogP contribution is 2.23. The monoisotopic (exact) mass is 359 g/mol. The molecule has 138 valence electrons. The molecule has 1 saturated heterocycles. The molecule has 1 fully saturated rings. The van der Waals surface area contributed by atoms with Crippen LogP contribution in [0.2, 0.25) is 0 Å². The Kier molecular flexibility index (Phi) is 6.73. The molecule has 1 aromatic carbocycles. The maximum absolute atomic E-state index is 13.9. The van der Waals surface area contributed by atoms with Crippen LogP contribution < -0.4 is 4.74 Å². The van der Waals surface area contributed by atoms with E-state index in [1.807, 2.05) is 6.07 Å². The molecule has 26 heavy (non-hydrogen) atoms. The van der Waals surface area contributed by atoms with Gasteiger partial charge < -0.3 is 14.5 Å². The van der Waals surface area contributed by atoms with E-state index in [0.29, 0.717) is 32.5 Å². The van der Waals surface area contributed by atoms with Crippen molar-refractivity contribution in [2.24, 2.45) is 0 Å². The zero-order chi connectivity index (χ0) is 19.1. The van der Waals surface area contributed by atoms with Crippen molar-refractivity contribution in [2.45, 2.75) is 25.9 Å². The topological polar surface area (TPSA) is 73.6 Å². The molecule has 7 heteroatoms. The first-order valence-corrected chi connectivity index (χ1v) is 8.53. The normalized spacial score (nSPS) is 14.4. The third-order valence-corrected chi connectivity index (χ3v) is 4.34. The number of halogens is 1. The van der Waals surface area contributed by atoms with E-state index in [2.05, 4.69) is 6.58 Å². The van der Waals surface area contributed by atoms with E-state index in [9.17, 15) is 14.0 Å². The number of carbonyl (C=O) groups excluding carboxylic acids is 2. The summed E-state index contributed by atoms with van der Waals surface area (Å²) >= 11 is 0. The molecule has 6 nitrogen and oxygen atoms in total. The number of rotatable bonds is 6. The van der Waals surface area contributed by atoms with Crippen LogP contribution in [0.3, 0.4) is 0 Å². The van der Waals surface area contributed by atoms with Gasteiger partial charge in [-0.3, -0.25) is 9.59 Å². The number of benzene rings is 1. The summed E-state index contributed by atoms with van der Waals surface area (Å²) in [6.07, 6.45) is 2.15. The second-order valence-electron chi connectivity index (χ2n) is 6.01. The van der Waals surface area contributed by atoms with Crippen molar-refractivity contribution in [3.05, 3.63) is 42.2 Å². The minimum Gasteiger partial charge on any atom is -0.487 e. The second-order valence-corrected chi connectivity index (χ2v) is 6.01. The van der Waals surface area contributed by atoms with E-state index < -0.39 is 5.82 Å². The van der Waals surface area contributed by atoms with Gasteiger partial charge in [-0.25, -0.2) is 4.39 Å². The molecule has 2 amide bonds. The van der Waals surface area contributed by atoms with Crippen LogP contribution in [0, 0.1) is 17.1 Å². The molecule has 0 bridgehead atoms. The van der Waals surface area contributed by atoms with Gasteiger partial charge in [0, 0.05) is 32.5 Å². The van der Waals surface area contributed by atoms with Crippen LogP contribution in [-0.4, -0.2) is 53.9 Å². The van der Waals surface area contributed by atoms with Crippen LogP contribution >= 0.6 is 0 Å². The van der Waals surface area contributed by atoms with Crippen molar-refractivity contribution in [1.82, 2.24) is 9.80 Å². The van der Waals surface area contributed by atoms with Crippen LogP contribution in [0.15, 0.2) is 30.9 Å². The second kappa shape index (κ2) is 8.99. The zero-order valence-corrected chi connectivity index (χ0v) is 14.8. The van der Waals surface area contributed by atoms with Crippen LogP contribution in [0.25, 0.3) is 0 Å². The molecule has 0 unspecified atom stereocenters. The summed E-state index contributed by atoms with van der Waals surface area (Å²) in [7, 11) is 0. The molecule has 2 rings (SSSR count). The maximum Gasteiger partial charge on any atom is 0.246 e. The van der Waals surface area contributed by atoms with Gasteiger partial charge >= 0.3 is 0 Å². The van der Waals surface area contributed by atoms with Gasteiger partial charge in [0.15, 0.2) is 11.6 Å². The van der Waals surface area contributed by atoms with Crippen molar-refractivity contribution in [1.29, 1.82) is 5.26 Å². The Morgan fingerprint density at radius 3 is 2.69 bits per heavy atom. The Hall–Kier alpha value is -2.88. The van der Waals surface area contributed by atoms with Gasteiger partial charge in [0.05, 0.1) is 18.2 Å².